The minimum atomic E-state index is -3.33. The molecule has 0 aromatic rings. The number of fused-ring (bicyclic) bond motifs is 3. The van der Waals surface area contributed by atoms with Crippen LogP contribution in [0.3, 0.4) is 0 Å². The summed E-state index contributed by atoms with van der Waals surface area (Å²) in [6.45, 7) is 11.7. The number of amides is 1. The predicted octanol–water partition coefficient (Wildman–Crippen LogP) is 6.26. The van der Waals surface area contributed by atoms with E-state index in [1.165, 1.54) is 14.2 Å². The lowest BCUT2D eigenvalue weighted by atomic mass is 9.78. The van der Waals surface area contributed by atoms with Crippen molar-refractivity contribution in [3.8, 4) is 0 Å². The molecule has 1 aliphatic carbocycles. The first kappa shape index (κ1) is 43.2. The topological polar surface area (TPSA) is 195 Å². The first-order valence-electron chi connectivity index (χ1n) is 27.4. The van der Waals surface area contributed by atoms with Crippen LogP contribution in [0.5, 0.6) is 0 Å². The van der Waals surface area contributed by atoms with Gasteiger partial charge in [-0.1, -0.05) is 71.9 Å². The van der Waals surface area contributed by atoms with Crippen LogP contribution in [0.1, 0.15) is 143 Å². The Hall–Kier alpha value is -3.11. The number of rotatable bonds is 6. The Morgan fingerprint density at radius 2 is 1.66 bits per heavy atom. The Bertz CT molecular complexity index is 2050. The molecular weight excluding hydrogens is 835 g/mol. The molecule has 0 radical (unpaired) electrons. The largest absolute Gasteiger partial charge is 0.460 e. The summed E-state index contributed by atoms with van der Waals surface area (Å²) in [5.41, 5.74) is 0.802. The summed E-state index contributed by atoms with van der Waals surface area (Å²) < 4.78 is 95.2. The molecule has 3 heterocycles. The molecule has 0 spiro atoms. The maximum atomic E-state index is 14.6. The minimum Gasteiger partial charge on any atom is -0.460 e. The van der Waals surface area contributed by atoms with E-state index < -0.39 is 146 Å². The van der Waals surface area contributed by atoms with Crippen LogP contribution >= 0.6 is 0 Å². The highest BCUT2D eigenvalue weighted by atomic mass is 16.6. The smallest absolute Gasteiger partial charge is 0.329 e. The maximum Gasteiger partial charge on any atom is 0.329 e. The second-order valence-electron chi connectivity index (χ2n) is 19.2. The molecule has 0 aromatic carbocycles. The Balaban J connectivity index is 1.77. The molecule has 65 heavy (non-hydrogen) atoms. The second-order valence-corrected chi connectivity index (χ2v) is 19.2. The van der Waals surface area contributed by atoms with Crippen LogP contribution in [0.2, 0.25) is 0 Å². The third-order valence-electron chi connectivity index (χ3n) is 13.9. The molecule has 2 saturated heterocycles. The molecule has 0 aromatic heterocycles. The van der Waals surface area contributed by atoms with Crippen molar-refractivity contribution in [1.82, 2.24) is 4.90 Å². The average Bonchev–Trinajstić information content (AvgIpc) is 3.29. The molecule has 3 N–H and O–H groups in total. The number of aliphatic hydroxyl groups is 3. The van der Waals surface area contributed by atoms with E-state index in [0.29, 0.717) is 12.8 Å². The number of nitrogens with zero attached hydrogens (tertiary/aromatic N) is 1. The molecule has 14 nitrogen and oxygen atoms in total. The van der Waals surface area contributed by atoms with Gasteiger partial charge >= 0.3 is 5.97 Å². The molecule has 0 unspecified atom stereocenters. The van der Waals surface area contributed by atoms with E-state index in [9.17, 15) is 40.7 Å². The maximum absolute atomic E-state index is 14.6. The van der Waals surface area contributed by atoms with Crippen LogP contribution in [-0.4, -0.2) is 132 Å². The van der Waals surface area contributed by atoms with Gasteiger partial charge in [0.2, 0.25) is 5.79 Å². The van der Waals surface area contributed by atoms with Gasteiger partial charge in [0.05, 0.1) is 38.7 Å². The standard InChI is InChI=1S/C51H81NO13/c1-30-16-12-11-13-17-31(2)42(61-8)28-38-21-19-36(7)51(60,65-38)48(57)49(58)52-23-15-14-18-39(52)50(59)64-43(33(4)26-37-20-22-40(53)44(27-37)62-9)29-41(54)32(3)25-35(6)46(56)47(63-10)45(55)34(5)24-30/h11-13,16-17,30,32-40,42-44,46-47,53,56,60H,14-15,18-29H2,1-10H3/b13-11+,16-12+,31-17+/t30-,32-,33-,34-,35+,36-,37+,38+,39+,40-,42+,43+,44-,46-,47+,51-/m1/s1/i9T3,22T2,39T,40T,44T. The molecule has 3 aliphatic heterocycles. The van der Waals surface area contributed by atoms with Crippen molar-refractivity contribution in [2.24, 2.45) is 41.4 Å². The molecule has 16 atom stereocenters. The number of ether oxygens (including phenoxy) is 5. The van der Waals surface area contributed by atoms with Crippen molar-refractivity contribution in [2.45, 2.75) is 186 Å². The van der Waals surface area contributed by atoms with E-state index in [0.717, 1.165) is 10.5 Å². The molecule has 2 bridgehead atoms. The second kappa shape index (κ2) is 25.3. The fourth-order valence-corrected chi connectivity index (χ4v) is 9.64. The van der Waals surface area contributed by atoms with Crippen LogP contribution in [0.15, 0.2) is 36.0 Å². The Morgan fingerprint density at radius 3 is 2.35 bits per heavy atom. The number of carbonyl (C=O) groups excluding carboxylic acids is 5. The highest BCUT2D eigenvalue weighted by Gasteiger charge is 2.53. The Kier molecular flexibility index (Phi) is 16.8. The Morgan fingerprint density at radius 1 is 0.923 bits per heavy atom. The van der Waals surface area contributed by atoms with Crippen LogP contribution in [0.25, 0.3) is 0 Å². The van der Waals surface area contributed by atoms with Crippen LogP contribution < -0.4 is 0 Å². The lowest BCUT2D eigenvalue weighted by molar-refractivity contribution is -0.265. The van der Waals surface area contributed by atoms with E-state index >= 15 is 0 Å². The first-order valence-corrected chi connectivity index (χ1v) is 23.4. The van der Waals surface area contributed by atoms with E-state index in [1.54, 1.807) is 34.6 Å². The van der Waals surface area contributed by atoms with Crippen LogP contribution in [0.4, 0.5) is 0 Å². The number of aliphatic hydroxyl groups excluding tert-OH is 1. The van der Waals surface area contributed by atoms with Gasteiger partial charge in [0.1, 0.15) is 24.0 Å². The number of piperidine rings is 1. The van der Waals surface area contributed by atoms with Crippen molar-refractivity contribution < 1.29 is 73.9 Å². The summed E-state index contributed by atoms with van der Waals surface area (Å²) in [5.74, 6) is -12.4. The lowest BCUT2D eigenvalue weighted by Gasteiger charge is -2.42. The molecule has 368 valence electrons. The van der Waals surface area contributed by atoms with Gasteiger partial charge in [0.15, 0.2) is 5.78 Å². The third-order valence-corrected chi connectivity index (χ3v) is 13.9. The van der Waals surface area contributed by atoms with Crippen LogP contribution in [0, 0.1) is 41.4 Å². The van der Waals surface area contributed by atoms with Crippen molar-refractivity contribution >= 4 is 29.2 Å². The molecule has 3 fully saturated rings. The van der Waals surface area contributed by atoms with Crippen molar-refractivity contribution in [3.05, 3.63) is 36.0 Å². The van der Waals surface area contributed by atoms with Gasteiger partial charge in [0.25, 0.3) is 11.7 Å². The SMILES string of the molecule is [3H]C([3H])([3H])O[C@]1([3H])C[C@H](C[C@@H](C)[C@@H]2CC(=O)[C@H](C)C[C@H](C)[C@@H](O)[C@@H](OC)C(=O)[C@H](C)C[C@H](C)/C=C/C=C/C=C(\C)[C@@H](OC)C[C@@H]3CC[C@@H](C)[C@@](O)(O3)C(=O)C(=O)N3CCCC[C@@]3([3H])C(=O)O2)CC([3H])([3H])[C@@]1([3H])O. The quantitative estimate of drug-likeness (QED) is 0.200. The van der Waals surface area contributed by atoms with Gasteiger partial charge in [-0.3, -0.25) is 19.2 Å². The normalized spacial score (nSPS) is 47.0. The van der Waals surface area contributed by atoms with Crippen molar-refractivity contribution in [3.63, 3.8) is 0 Å². The highest BCUT2D eigenvalue weighted by molar-refractivity contribution is 6.39. The predicted molar refractivity (Wildman–Crippen MR) is 245 cm³/mol. The van der Waals surface area contributed by atoms with Crippen molar-refractivity contribution in [2.75, 3.05) is 27.8 Å². The number of carbonyl (C=O) groups is 5. The summed E-state index contributed by atoms with van der Waals surface area (Å²) in [7, 11) is -0.475. The number of methoxy groups -OCH3 is 3. The average molecular weight is 932 g/mol. The number of hydrogen-bond donors (Lipinski definition) is 3. The van der Waals surface area contributed by atoms with E-state index in [1.807, 2.05) is 44.2 Å². The van der Waals surface area contributed by atoms with Crippen molar-refractivity contribution in [1.29, 1.82) is 0 Å². The van der Waals surface area contributed by atoms with E-state index in [2.05, 4.69) is 0 Å². The fourth-order valence-electron chi connectivity index (χ4n) is 9.64. The zero-order chi connectivity index (χ0) is 55.2. The number of cyclic esters (lactones) is 1. The molecule has 14 heteroatoms. The van der Waals surface area contributed by atoms with Crippen LogP contribution in [-0.2, 0) is 47.7 Å². The summed E-state index contributed by atoms with van der Waals surface area (Å²) in [6, 6.07) is -2.55. The number of esters is 1. The van der Waals surface area contributed by atoms with Gasteiger partial charge in [0, 0.05) is 61.1 Å². The van der Waals surface area contributed by atoms with Gasteiger partial charge in [-0.15, -0.1) is 0 Å². The number of ketones is 3. The molecular formula is C51H81NO13. The van der Waals surface area contributed by atoms with Gasteiger partial charge in [-0.2, -0.15) is 0 Å². The fraction of sp³-hybridized carbons (Fsp3) is 0.784. The van der Waals surface area contributed by atoms with Gasteiger partial charge in [-0.05, 0) is 107 Å². The molecule has 4 aliphatic rings. The molecule has 4 rings (SSSR count). The monoisotopic (exact) mass is 932 g/mol. The lowest BCUT2D eigenvalue weighted by Crippen LogP contribution is -2.61. The minimum absolute atomic E-state index is 0.0386. The summed E-state index contributed by atoms with van der Waals surface area (Å²) >= 11 is 0. The van der Waals surface area contributed by atoms with E-state index in [4.69, 9.17) is 33.3 Å². The van der Waals surface area contributed by atoms with E-state index in [-0.39, 0.29) is 63.2 Å². The highest BCUT2D eigenvalue weighted by Crippen LogP contribution is 2.38. The molecule has 1 saturated carbocycles. The zero-order valence-electron chi connectivity index (χ0n) is 47.9. The first-order chi connectivity index (χ1) is 33.7. The molecule has 1 amide bonds. The number of Topliss-reactive ketones (excluding diaryl/α,β-unsaturated/α-hetero) is 3. The Labute approximate surface area is 399 Å². The third kappa shape index (κ3) is 14.4. The zero-order valence-corrected chi connectivity index (χ0v) is 39.9. The summed E-state index contributed by atoms with van der Waals surface area (Å²) in [4.78, 5) is 72.2. The van der Waals surface area contributed by atoms with Gasteiger partial charge < -0.3 is 43.9 Å². The summed E-state index contributed by atoms with van der Waals surface area (Å²) in [6.07, 6.45) is -5.46. The van der Waals surface area contributed by atoms with Gasteiger partial charge in [-0.25, -0.2) is 4.79 Å². The summed E-state index contributed by atoms with van der Waals surface area (Å²) in [5, 5.41) is 34.5. The number of hydrogen-bond acceptors (Lipinski definition) is 13. The number of allylic oxidation sites excluding steroid dienone is 5.